The van der Waals surface area contributed by atoms with Gasteiger partial charge in [-0.2, -0.15) is 0 Å². The van der Waals surface area contributed by atoms with E-state index in [1.807, 2.05) is 38.1 Å². The van der Waals surface area contributed by atoms with Crippen molar-refractivity contribution in [2.45, 2.75) is 122 Å². The molecule has 1 fully saturated rings. The van der Waals surface area contributed by atoms with Crippen molar-refractivity contribution in [1.29, 1.82) is 0 Å². The van der Waals surface area contributed by atoms with Gasteiger partial charge >= 0.3 is 0 Å². The Morgan fingerprint density at radius 3 is 2.05 bits per heavy atom. The van der Waals surface area contributed by atoms with Crippen LogP contribution < -0.4 is 4.74 Å². The molecule has 7 atom stereocenters. The van der Waals surface area contributed by atoms with Crippen molar-refractivity contribution in [2.75, 3.05) is 26.9 Å². The second kappa shape index (κ2) is 14.6. The van der Waals surface area contributed by atoms with Crippen molar-refractivity contribution in [1.82, 2.24) is 0 Å². The van der Waals surface area contributed by atoms with Crippen molar-refractivity contribution in [3.63, 3.8) is 0 Å². The van der Waals surface area contributed by atoms with Gasteiger partial charge in [0.15, 0.2) is 16.6 Å². The molecule has 0 aromatic heterocycles. The molecule has 9 heteroatoms. The number of aliphatic hydroxyl groups is 2. The van der Waals surface area contributed by atoms with Crippen LogP contribution in [-0.2, 0) is 24.9 Å². The average molecular weight is 639 g/mol. The third-order valence-electron chi connectivity index (χ3n) is 10.3. The molecule has 2 rings (SSSR count). The highest BCUT2D eigenvalue weighted by Crippen LogP contribution is 2.49. The molecule has 0 spiro atoms. The largest absolute Gasteiger partial charge is 0.497 e. The summed E-state index contributed by atoms with van der Waals surface area (Å²) in [5, 5.41) is 22.4. The smallest absolute Gasteiger partial charge is 0.192 e. The van der Waals surface area contributed by atoms with E-state index in [4.69, 9.17) is 23.1 Å². The van der Waals surface area contributed by atoms with Crippen LogP contribution in [0.5, 0.6) is 5.75 Å². The number of hydrogen-bond acceptors (Lipinski definition) is 7. The van der Waals surface area contributed by atoms with Crippen LogP contribution >= 0.6 is 0 Å². The van der Waals surface area contributed by atoms with Crippen molar-refractivity contribution in [3.8, 4) is 5.75 Å². The minimum absolute atomic E-state index is 0.0329. The molecule has 7 nitrogen and oxygen atoms in total. The number of rotatable bonds is 15. The van der Waals surface area contributed by atoms with Gasteiger partial charge in [-0.1, -0.05) is 66.7 Å². The molecule has 0 bridgehead atoms. The molecule has 1 aliphatic heterocycles. The summed E-state index contributed by atoms with van der Waals surface area (Å²) < 4.78 is 32.2. The first kappa shape index (κ1) is 38.1. The van der Waals surface area contributed by atoms with Crippen LogP contribution in [0.15, 0.2) is 36.9 Å². The Morgan fingerprint density at radius 2 is 1.58 bits per heavy atom. The predicted octanol–water partition coefficient (Wildman–Crippen LogP) is 7.19. The van der Waals surface area contributed by atoms with Gasteiger partial charge in [-0.3, -0.25) is 0 Å². The Hall–Kier alpha value is -1.05. The van der Waals surface area contributed by atoms with Crippen molar-refractivity contribution < 1.29 is 33.3 Å². The Balaban J connectivity index is 2.43. The third kappa shape index (κ3) is 9.03. The molecule has 0 radical (unpaired) electrons. The first-order valence-corrected chi connectivity index (χ1v) is 21.6. The van der Waals surface area contributed by atoms with Crippen LogP contribution in [0.1, 0.15) is 61.0 Å². The lowest BCUT2D eigenvalue weighted by atomic mass is 9.80. The zero-order valence-electron chi connectivity index (χ0n) is 29.3. The third-order valence-corrected chi connectivity index (χ3v) is 19.3. The Labute approximate surface area is 264 Å². The minimum atomic E-state index is -2.32. The van der Waals surface area contributed by atoms with Crippen LogP contribution in [0, 0.1) is 17.8 Å². The fourth-order valence-corrected chi connectivity index (χ4v) is 7.58. The lowest BCUT2D eigenvalue weighted by molar-refractivity contribution is -0.164. The summed E-state index contributed by atoms with van der Waals surface area (Å²) in [6.07, 6.45) is 0.000334. The van der Waals surface area contributed by atoms with E-state index in [0.717, 1.165) is 11.3 Å². The molecule has 0 amide bonds. The summed E-state index contributed by atoms with van der Waals surface area (Å²) in [6.45, 7) is 31.4. The predicted molar refractivity (Wildman–Crippen MR) is 181 cm³/mol. The minimum Gasteiger partial charge on any atom is -0.497 e. The molecule has 2 N–H and O–H groups in total. The maximum atomic E-state index is 12.0. The number of hydrogen-bond donors (Lipinski definition) is 2. The van der Waals surface area contributed by atoms with Crippen molar-refractivity contribution in [3.05, 3.63) is 42.5 Å². The molecule has 0 unspecified atom stereocenters. The van der Waals surface area contributed by atoms with Gasteiger partial charge in [-0.05, 0) is 60.9 Å². The molecule has 43 heavy (non-hydrogen) atoms. The fourth-order valence-electron chi connectivity index (χ4n) is 5.14. The molecule has 1 aliphatic rings. The normalized spacial score (nSPS) is 25.8. The number of benzene rings is 1. The van der Waals surface area contributed by atoms with E-state index in [0.29, 0.717) is 19.8 Å². The quantitative estimate of drug-likeness (QED) is 0.155. The van der Waals surface area contributed by atoms with E-state index >= 15 is 0 Å². The summed E-state index contributed by atoms with van der Waals surface area (Å²) in [7, 11) is -2.78. The van der Waals surface area contributed by atoms with Gasteiger partial charge in [-0.25, -0.2) is 0 Å². The first-order chi connectivity index (χ1) is 19.6. The standard InChI is InChI=1S/C34H62O7Si2/c1-15-26(20-35)29-28(23-39-42(11,12)32(3,4)5)31(41-43(13,14)33(6,7)8)34(9,40-29)30(36)24(2)21-38-22-25-16-18-27(37-10)19-17-25/h15-19,24,26,28-31,35-36H,1,20-23H2,2-14H3/t24-,26-,28-,29+,30+,31-,34+/m0/s1. The molecule has 1 aromatic carbocycles. The molecule has 0 aliphatic carbocycles. The Morgan fingerprint density at radius 1 is 1.02 bits per heavy atom. The zero-order valence-corrected chi connectivity index (χ0v) is 31.3. The summed E-state index contributed by atoms with van der Waals surface area (Å²) in [4.78, 5) is 0. The molecular formula is C34H62O7Si2. The van der Waals surface area contributed by atoms with E-state index in [1.54, 1.807) is 13.2 Å². The van der Waals surface area contributed by atoms with Crippen molar-refractivity contribution >= 4 is 16.6 Å². The van der Waals surface area contributed by atoms with E-state index in [2.05, 4.69) is 74.3 Å². The molecule has 1 aromatic rings. The van der Waals surface area contributed by atoms with E-state index in [1.165, 1.54) is 0 Å². The highest BCUT2D eigenvalue weighted by Gasteiger charge is 2.61. The van der Waals surface area contributed by atoms with E-state index < -0.39 is 40.5 Å². The van der Waals surface area contributed by atoms with Crippen LogP contribution in [0.25, 0.3) is 0 Å². The van der Waals surface area contributed by atoms with Gasteiger partial charge in [0.1, 0.15) is 11.4 Å². The van der Waals surface area contributed by atoms with Crippen LogP contribution in [-0.4, -0.2) is 77.7 Å². The lowest BCUT2D eigenvalue weighted by Gasteiger charge is -2.46. The van der Waals surface area contributed by atoms with Crippen LogP contribution in [0.2, 0.25) is 36.3 Å². The maximum absolute atomic E-state index is 12.0. The molecule has 0 saturated carbocycles. The first-order valence-electron chi connectivity index (χ1n) is 15.8. The lowest BCUT2D eigenvalue weighted by Crippen LogP contribution is -2.58. The Bertz CT molecular complexity index is 1020. The Kier molecular flexibility index (Phi) is 12.9. The maximum Gasteiger partial charge on any atom is 0.192 e. The van der Waals surface area contributed by atoms with Crippen LogP contribution in [0.4, 0.5) is 0 Å². The highest BCUT2D eigenvalue weighted by atomic mass is 28.4. The summed E-state index contributed by atoms with van der Waals surface area (Å²) >= 11 is 0. The van der Waals surface area contributed by atoms with Crippen molar-refractivity contribution in [2.24, 2.45) is 17.8 Å². The summed E-state index contributed by atoms with van der Waals surface area (Å²) in [6, 6.07) is 7.78. The summed E-state index contributed by atoms with van der Waals surface area (Å²) in [5.41, 5.74) is -0.0225. The summed E-state index contributed by atoms with van der Waals surface area (Å²) in [5.74, 6) is 0.0272. The van der Waals surface area contributed by atoms with E-state index in [9.17, 15) is 10.2 Å². The molecular weight excluding hydrogens is 577 g/mol. The topological polar surface area (TPSA) is 86.6 Å². The number of methoxy groups -OCH3 is 1. The fraction of sp³-hybridized carbons (Fsp3) is 0.765. The van der Waals surface area contributed by atoms with E-state index in [-0.39, 0.29) is 34.4 Å². The van der Waals surface area contributed by atoms with Gasteiger partial charge < -0.3 is 33.3 Å². The molecule has 248 valence electrons. The van der Waals surface area contributed by atoms with Gasteiger partial charge in [-0.15, -0.1) is 6.58 Å². The SMILES string of the molecule is C=C[C@@H](CO)[C@H]1O[C@](C)([C@H](O)[C@@H](C)COCc2ccc(OC)cc2)[C@@H](O[Si](C)(C)C(C)(C)C)[C@H]1CO[Si](C)(C)C(C)(C)C. The monoisotopic (exact) mass is 638 g/mol. The number of ether oxygens (including phenoxy) is 3. The van der Waals surface area contributed by atoms with Gasteiger partial charge in [0, 0.05) is 24.4 Å². The van der Waals surface area contributed by atoms with Gasteiger partial charge in [0.2, 0.25) is 0 Å². The average Bonchev–Trinajstić information content (AvgIpc) is 3.18. The molecule has 1 saturated heterocycles. The highest BCUT2D eigenvalue weighted by molar-refractivity contribution is 6.74. The van der Waals surface area contributed by atoms with Gasteiger partial charge in [0.25, 0.3) is 0 Å². The van der Waals surface area contributed by atoms with Crippen LogP contribution in [0.3, 0.4) is 0 Å². The second-order valence-corrected chi connectivity index (χ2v) is 25.2. The second-order valence-electron chi connectivity index (χ2n) is 15.7. The number of aliphatic hydroxyl groups excluding tert-OH is 2. The van der Waals surface area contributed by atoms with Gasteiger partial charge in [0.05, 0.1) is 45.2 Å². The molecule has 1 heterocycles. The zero-order chi connectivity index (χ0) is 33.0.